The van der Waals surface area contributed by atoms with Crippen LogP contribution in [0, 0.1) is 0 Å². The fourth-order valence-electron chi connectivity index (χ4n) is 3.00. The topological polar surface area (TPSA) is 37.3 Å². The van der Waals surface area contributed by atoms with Gasteiger partial charge in [0.2, 0.25) is 0 Å². The zero-order chi connectivity index (χ0) is 15.4. The van der Waals surface area contributed by atoms with Gasteiger partial charge < -0.3 is 14.8 Å². The second kappa shape index (κ2) is 7.45. The zero-order valence-corrected chi connectivity index (χ0v) is 14.8. The molecule has 0 atom stereocenters. The smallest absolute Gasteiger partial charge is 0.270 e. The maximum atomic E-state index is 13.0. The third-order valence-corrected chi connectivity index (χ3v) is 4.50. The minimum Gasteiger partial charge on any atom is -0.340 e. The number of aromatic nitrogens is 1. The van der Waals surface area contributed by atoms with Crippen LogP contribution in [0.2, 0.25) is 0 Å². The van der Waals surface area contributed by atoms with E-state index < -0.39 is 0 Å². The summed E-state index contributed by atoms with van der Waals surface area (Å²) < 4.78 is 3.04. The van der Waals surface area contributed by atoms with E-state index in [0.29, 0.717) is 6.04 Å². The molecule has 2 rings (SSSR count). The van der Waals surface area contributed by atoms with Gasteiger partial charge in [-0.05, 0) is 68.2 Å². The van der Waals surface area contributed by atoms with Crippen LogP contribution in [0.4, 0.5) is 0 Å². The maximum Gasteiger partial charge on any atom is 0.270 e. The summed E-state index contributed by atoms with van der Waals surface area (Å²) in [5, 5.41) is 3.37. The van der Waals surface area contributed by atoms with E-state index in [1.165, 1.54) is 0 Å². The quantitative estimate of drug-likeness (QED) is 0.878. The molecule has 0 spiro atoms. The fourth-order valence-corrected chi connectivity index (χ4v) is 3.44. The van der Waals surface area contributed by atoms with E-state index in [9.17, 15) is 4.79 Å². The maximum absolute atomic E-state index is 13.0. The Balaban J connectivity index is 2.25. The van der Waals surface area contributed by atoms with Gasteiger partial charge in [0.1, 0.15) is 5.69 Å². The van der Waals surface area contributed by atoms with Gasteiger partial charge in [-0.15, -0.1) is 0 Å². The van der Waals surface area contributed by atoms with Crippen molar-refractivity contribution >= 4 is 21.8 Å². The molecule has 1 N–H and O–H groups in total. The van der Waals surface area contributed by atoms with Crippen LogP contribution in [0.1, 0.15) is 56.6 Å². The van der Waals surface area contributed by atoms with Gasteiger partial charge in [0.25, 0.3) is 5.91 Å². The third-order valence-electron chi connectivity index (χ3n) is 4.07. The molecule has 1 aliphatic heterocycles. The van der Waals surface area contributed by atoms with E-state index in [1.54, 1.807) is 0 Å². The number of rotatable bonds is 5. The molecule has 1 fully saturated rings. The standard InChI is InChI=1S/C16H26BrN3O/c1-4-9-19(14-5-7-18-8-6-14)16(21)15-10-13(17)11-20(15)12(2)3/h10-12,14,18H,4-9H2,1-3H3. The van der Waals surface area contributed by atoms with Crippen LogP contribution in [0.3, 0.4) is 0 Å². The summed E-state index contributed by atoms with van der Waals surface area (Å²) in [6, 6.07) is 2.60. The monoisotopic (exact) mass is 355 g/mol. The summed E-state index contributed by atoms with van der Waals surface area (Å²) in [4.78, 5) is 15.1. The molecule has 0 saturated carbocycles. The highest BCUT2D eigenvalue weighted by Gasteiger charge is 2.27. The molecule has 1 aromatic heterocycles. The highest BCUT2D eigenvalue weighted by molar-refractivity contribution is 9.10. The molecule has 1 amide bonds. The minimum atomic E-state index is 0.170. The lowest BCUT2D eigenvalue weighted by Gasteiger charge is -2.35. The van der Waals surface area contributed by atoms with Crippen LogP contribution in [0.5, 0.6) is 0 Å². The first-order chi connectivity index (χ1) is 10.0. The van der Waals surface area contributed by atoms with Gasteiger partial charge in [0.05, 0.1) is 0 Å². The van der Waals surface area contributed by atoms with E-state index in [4.69, 9.17) is 0 Å². The Kier molecular flexibility index (Phi) is 5.88. The van der Waals surface area contributed by atoms with Crippen molar-refractivity contribution in [2.24, 2.45) is 0 Å². The van der Waals surface area contributed by atoms with Crippen LogP contribution in [0.25, 0.3) is 0 Å². The SMILES string of the molecule is CCCN(C(=O)c1cc(Br)cn1C(C)C)C1CCNCC1. The number of amides is 1. The van der Waals surface area contributed by atoms with E-state index >= 15 is 0 Å². The normalized spacial score (nSPS) is 16.4. The average molecular weight is 356 g/mol. The number of nitrogens with one attached hydrogen (secondary N) is 1. The predicted octanol–water partition coefficient (Wildman–Crippen LogP) is 3.44. The Morgan fingerprint density at radius 3 is 2.71 bits per heavy atom. The number of carbonyl (C=O) groups excluding carboxylic acids is 1. The molecule has 1 aliphatic rings. The first kappa shape index (κ1) is 16.6. The molecule has 2 heterocycles. The van der Waals surface area contributed by atoms with Crippen LogP contribution >= 0.6 is 15.9 Å². The Morgan fingerprint density at radius 2 is 2.14 bits per heavy atom. The van der Waals surface area contributed by atoms with Crippen LogP contribution < -0.4 is 5.32 Å². The second-order valence-electron chi connectivity index (χ2n) is 6.02. The van der Waals surface area contributed by atoms with Crippen molar-refractivity contribution in [3.8, 4) is 0 Å². The lowest BCUT2D eigenvalue weighted by molar-refractivity contribution is 0.0630. The van der Waals surface area contributed by atoms with Crippen molar-refractivity contribution in [1.82, 2.24) is 14.8 Å². The fraction of sp³-hybridized carbons (Fsp3) is 0.688. The molecule has 0 unspecified atom stereocenters. The lowest BCUT2D eigenvalue weighted by atomic mass is 10.0. The lowest BCUT2D eigenvalue weighted by Crippen LogP contribution is -2.47. The summed E-state index contributed by atoms with van der Waals surface area (Å²) in [7, 11) is 0. The molecular weight excluding hydrogens is 330 g/mol. The molecule has 0 aliphatic carbocycles. The van der Waals surface area contributed by atoms with Gasteiger partial charge in [-0.3, -0.25) is 4.79 Å². The molecule has 21 heavy (non-hydrogen) atoms. The van der Waals surface area contributed by atoms with Crippen molar-refractivity contribution in [3.05, 3.63) is 22.4 Å². The number of nitrogens with zero attached hydrogens (tertiary/aromatic N) is 2. The molecule has 1 saturated heterocycles. The Bertz CT molecular complexity index is 478. The molecule has 118 valence electrons. The Labute approximate surface area is 136 Å². The average Bonchev–Trinajstić information content (AvgIpc) is 2.87. The first-order valence-corrected chi connectivity index (χ1v) is 8.73. The number of carbonyl (C=O) groups is 1. The molecule has 4 nitrogen and oxygen atoms in total. The van der Waals surface area contributed by atoms with Gasteiger partial charge >= 0.3 is 0 Å². The van der Waals surface area contributed by atoms with Crippen molar-refractivity contribution in [2.75, 3.05) is 19.6 Å². The van der Waals surface area contributed by atoms with Gasteiger partial charge in [-0.2, -0.15) is 0 Å². The Morgan fingerprint density at radius 1 is 1.48 bits per heavy atom. The predicted molar refractivity (Wildman–Crippen MR) is 89.7 cm³/mol. The zero-order valence-electron chi connectivity index (χ0n) is 13.2. The molecule has 5 heteroatoms. The number of piperidine rings is 1. The highest BCUT2D eigenvalue weighted by atomic mass is 79.9. The molecule has 0 bridgehead atoms. The second-order valence-corrected chi connectivity index (χ2v) is 6.94. The molecule has 1 aromatic rings. The third kappa shape index (κ3) is 3.89. The van der Waals surface area contributed by atoms with Crippen molar-refractivity contribution in [1.29, 1.82) is 0 Å². The van der Waals surface area contributed by atoms with Gasteiger partial charge in [-0.25, -0.2) is 0 Å². The van der Waals surface area contributed by atoms with Crippen LogP contribution in [0.15, 0.2) is 16.7 Å². The summed E-state index contributed by atoms with van der Waals surface area (Å²) >= 11 is 3.50. The summed E-state index contributed by atoms with van der Waals surface area (Å²) in [5.41, 5.74) is 0.795. The minimum absolute atomic E-state index is 0.170. The molecular formula is C16H26BrN3O. The first-order valence-electron chi connectivity index (χ1n) is 7.93. The van der Waals surface area contributed by atoms with Gasteiger partial charge in [0.15, 0.2) is 0 Å². The van der Waals surface area contributed by atoms with E-state index in [0.717, 1.165) is 49.1 Å². The van der Waals surface area contributed by atoms with Crippen molar-refractivity contribution < 1.29 is 4.79 Å². The van der Waals surface area contributed by atoms with Crippen molar-refractivity contribution in [3.63, 3.8) is 0 Å². The molecule has 0 radical (unpaired) electrons. The van der Waals surface area contributed by atoms with Gasteiger partial charge in [0, 0.05) is 29.3 Å². The molecule has 0 aromatic carbocycles. The van der Waals surface area contributed by atoms with E-state index in [2.05, 4.69) is 51.5 Å². The van der Waals surface area contributed by atoms with Crippen LogP contribution in [-0.2, 0) is 0 Å². The number of halogens is 1. The van der Waals surface area contributed by atoms with E-state index in [1.807, 2.05) is 12.3 Å². The van der Waals surface area contributed by atoms with Gasteiger partial charge in [-0.1, -0.05) is 6.92 Å². The highest BCUT2D eigenvalue weighted by Crippen LogP contribution is 2.23. The number of hydrogen-bond acceptors (Lipinski definition) is 2. The number of hydrogen-bond donors (Lipinski definition) is 1. The largest absolute Gasteiger partial charge is 0.340 e. The van der Waals surface area contributed by atoms with Crippen LogP contribution in [-0.4, -0.2) is 41.1 Å². The van der Waals surface area contributed by atoms with E-state index in [-0.39, 0.29) is 11.9 Å². The summed E-state index contributed by atoms with van der Waals surface area (Å²) in [6.45, 7) is 9.21. The van der Waals surface area contributed by atoms with Crippen molar-refractivity contribution in [2.45, 2.75) is 52.1 Å². The summed E-state index contributed by atoms with van der Waals surface area (Å²) in [6.07, 6.45) is 5.11. The Hall–Kier alpha value is -0.810. The summed E-state index contributed by atoms with van der Waals surface area (Å²) in [5.74, 6) is 0.170.